The minimum Gasteiger partial charge on any atom is -0.394 e. The van der Waals surface area contributed by atoms with Crippen LogP contribution in [0, 0.1) is 5.92 Å². The van der Waals surface area contributed by atoms with Crippen LogP contribution >= 0.6 is 0 Å². The minimum absolute atomic E-state index is 0.0318. The average Bonchev–Trinajstić information content (AvgIpc) is 2.84. The van der Waals surface area contributed by atoms with Crippen LogP contribution in [0.15, 0.2) is 0 Å². The Hall–Kier alpha value is -0.120. The summed E-state index contributed by atoms with van der Waals surface area (Å²) in [4.78, 5) is 2.65. The molecule has 0 saturated carbocycles. The van der Waals surface area contributed by atoms with E-state index in [1.807, 2.05) is 0 Å². The molecule has 0 amide bonds. The molecule has 0 aromatic carbocycles. The van der Waals surface area contributed by atoms with Crippen molar-refractivity contribution in [2.45, 2.75) is 57.7 Å². The van der Waals surface area contributed by atoms with Gasteiger partial charge in [-0.2, -0.15) is 0 Å². The summed E-state index contributed by atoms with van der Waals surface area (Å²) in [5.74, 6) is 0.724. The Balaban J connectivity index is 1.98. The number of aliphatic hydroxyl groups is 1. The zero-order valence-corrected chi connectivity index (χ0v) is 10.9. The van der Waals surface area contributed by atoms with Crippen molar-refractivity contribution >= 4 is 0 Å². The van der Waals surface area contributed by atoms with E-state index in [9.17, 15) is 5.11 Å². The van der Waals surface area contributed by atoms with Gasteiger partial charge in [0.05, 0.1) is 6.61 Å². The molecule has 0 aromatic heterocycles. The SMILES string of the molecule is CC(C)N1CCCC1C1CNC(C)(CO)C1. The third-order valence-electron chi connectivity index (χ3n) is 4.40. The highest BCUT2D eigenvalue weighted by Gasteiger charge is 2.41. The first-order chi connectivity index (χ1) is 7.56. The maximum absolute atomic E-state index is 9.38. The number of nitrogens with zero attached hydrogens (tertiary/aromatic N) is 1. The third kappa shape index (κ3) is 2.27. The lowest BCUT2D eigenvalue weighted by Crippen LogP contribution is -2.41. The van der Waals surface area contributed by atoms with E-state index in [-0.39, 0.29) is 12.1 Å². The molecule has 2 heterocycles. The quantitative estimate of drug-likeness (QED) is 0.759. The van der Waals surface area contributed by atoms with Crippen LogP contribution in [0.25, 0.3) is 0 Å². The Morgan fingerprint density at radius 3 is 2.81 bits per heavy atom. The number of likely N-dealkylation sites (tertiary alicyclic amines) is 1. The van der Waals surface area contributed by atoms with Crippen molar-refractivity contribution in [1.82, 2.24) is 10.2 Å². The van der Waals surface area contributed by atoms with E-state index in [1.165, 1.54) is 19.4 Å². The Kier molecular flexibility index (Phi) is 3.57. The summed E-state index contributed by atoms with van der Waals surface area (Å²) in [6.45, 7) is 9.33. The first kappa shape index (κ1) is 12.3. The zero-order valence-electron chi connectivity index (χ0n) is 10.9. The second-order valence-electron chi connectivity index (χ2n) is 6.11. The van der Waals surface area contributed by atoms with Crippen LogP contribution in [0.1, 0.15) is 40.0 Å². The van der Waals surface area contributed by atoms with Gasteiger partial charge in [0.25, 0.3) is 0 Å². The first-order valence-corrected chi connectivity index (χ1v) is 6.67. The van der Waals surface area contributed by atoms with Gasteiger partial charge in [-0.15, -0.1) is 0 Å². The number of aliphatic hydroxyl groups excluding tert-OH is 1. The van der Waals surface area contributed by atoms with E-state index in [1.54, 1.807) is 0 Å². The molecule has 0 aromatic rings. The van der Waals surface area contributed by atoms with Crippen molar-refractivity contribution in [2.24, 2.45) is 5.92 Å². The number of rotatable bonds is 3. The second kappa shape index (κ2) is 4.63. The fourth-order valence-corrected chi connectivity index (χ4v) is 3.46. The summed E-state index contributed by atoms with van der Waals surface area (Å²) in [5.41, 5.74) is -0.0318. The molecule has 16 heavy (non-hydrogen) atoms. The topological polar surface area (TPSA) is 35.5 Å². The van der Waals surface area contributed by atoms with Gasteiger partial charge in [-0.3, -0.25) is 4.90 Å². The molecule has 0 spiro atoms. The Labute approximate surface area is 99.2 Å². The minimum atomic E-state index is -0.0318. The molecule has 0 radical (unpaired) electrons. The fourth-order valence-electron chi connectivity index (χ4n) is 3.46. The van der Waals surface area contributed by atoms with Crippen LogP contribution in [0.3, 0.4) is 0 Å². The summed E-state index contributed by atoms with van der Waals surface area (Å²) in [6, 6.07) is 1.40. The molecular formula is C13H26N2O. The average molecular weight is 226 g/mol. The van der Waals surface area contributed by atoms with Crippen molar-refractivity contribution in [3.05, 3.63) is 0 Å². The Morgan fingerprint density at radius 2 is 2.25 bits per heavy atom. The monoisotopic (exact) mass is 226 g/mol. The summed E-state index contributed by atoms with van der Waals surface area (Å²) in [6.07, 6.45) is 3.80. The molecule has 3 atom stereocenters. The van der Waals surface area contributed by atoms with E-state index < -0.39 is 0 Å². The Bertz CT molecular complexity index is 244. The van der Waals surface area contributed by atoms with Gasteiger partial charge in [0.15, 0.2) is 0 Å². The largest absolute Gasteiger partial charge is 0.394 e. The molecule has 3 heteroatoms. The third-order valence-corrected chi connectivity index (χ3v) is 4.40. The molecule has 2 N–H and O–H groups in total. The van der Waals surface area contributed by atoms with Gasteiger partial charge in [-0.25, -0.2) is 0 Å². The van der Waals surface area contributed by atoms with Crippen LogP contribution in [-0.2, 0) is 0 Å². The lowest BCUT2D eigenvalue weighted by atomic mass is 9.89. The van der Waals surface area contributed by atoms with Gasteiger partial charge in [-0.05, 0) is 52.5 Å². The van der Waals surface area contributed by atoms with Crippen LogP contribution in [0.5, 0.6) is 0 Å². The molecule has 94 valence electrons. The van der Waals surface area contributed by atoms with Crippen LogP contribution in [0.4, 0.5) is 0 Å². The molecule has 3 unspecified atom stereocenters. The van der Waals surface area contributed by atoms with E-state index >= 15 is 0 Å². The van der Waals surface area contributed by atoms with E-state index in [2.05, 4.69) is 31.0 Å². The first-order valence-electron chi connectivity index (χ1n) is 6.67. The zero-order chi connectivity index (χ0) is 11.8. The highest BCUT2D eigenvalue weighted by Crippen LogP contribution is 2.34. The normalized spacial score (nSPS) is 41.1. The molecule has 2 aliphatic rings. The van der Waals surface area contributed by atoms with Crippen molar-refractivity contribution in [2.75, 3.05) is 19.7 Å². The molecule has 2 saturated heterocycles. The smallest absolute Gasteiger partial charge is 0.0610 e. The van der Waals surface area contributed by atoms with Gasteiger partial charge in [0.2, 0.25) is 0 Å². The van der Waals surface area contributed by atoms with Crippen LogP contribution in [0.2, 0.25) is 0 Å². The standard InChI is InChI=1S/C13H26N2O/c1-10(2)15-6-4-5-12(15)11-7-13(3,9-16)14-8-11/h10-12,14,16H,4-9H2,1-3H3. The number of hydrogen-bond acceptors (Lipinski definition) is 3. The molecule has 3 nitrogen and oxygen atoms in total. The molecule has 2 rings (SSSR count). The van der Waals surface area contributed by atoms with Gasteiger partial charge in [-0.1, -0.05) is 0 Å². The van der Waals surface area contributed by atoms with E-state index in [0.717, 1.165) is 24.9 Å². The molecule has 2 aliphatic heterocycles. The fraction of sp³-hybridized carbons (Fsp3) is 1.00. The van der Waals surface area contributed by atoms with Gasteiger partial charge in [0, 0.05) is 24.2 Å². The van der Waals surface area contributed by atoms with E-state index in [4.69, 9.17) is 0 Å². The van der Waals surface area contributed by atoms with E-state index in [0.29, 0.717) is 6.04 Å². The number of nitrogens with one attached hydrogen (secondary N) is 1. The molecular weight excluding hydrogens is 200 g/mol. The van der Waals surface area contributed by atoms with Gasteiger partial charge >= 0.3 is 0 Å². The summed E-state index contributed by atoms with van der Waals surface area (Å²) in [5, 5.41) is 12.9. The molecule has 2 fully saturated rings. The predicted octanol–water partition coefficient (Wildman–Crippen LogP) is 1.22. The number of hydrogen-bond donors (Lipinski definition) is 2. The van der Waals surface area contributed by atoms with Crippen molar-refractivity contribution < 1.29 is 5.11 Å². The highest BCUT2D eigenvalue weighted by atomic mass is 16.3. The maximum atomic E-state index is 9.38. The lowest BCUT2D eigenvalue weighted by Gasteiger charge is -2.32. The highest BCUT2D eigenvalue weighted by molar-refractivity contribution is 4.99. The predicted molar refractivity (Wildman–Crippen MR) is 66.5 cm³/mol. The lowest BCUT2D eigenvalue weighted by molar-refractivity contribution is 0.145. The molecule has 0 bridgehead atoms. The van der Waals surface area contributed by atoms with Crippen molar-refractivity contribution in [3.63, 3.8) is 0 Å². The van der Waals surface area contributed by atoms with Gasteiger partial charge < -0.3 is 10.4 Å². The molecule has 0 aliphatic carbocycles. The van der Waals surface area contributed by atoms with Crippen LogP contribution in [-0.4, -0.2) is 47.3 Å². The van der Waals surface area contributed by atoms with Gasteiger partial charge in [0.1, 0.15) is 0 Å². The van der Waals surface area contributed by atoms with Crippen molar-refractivity contribution in [1.29, 1.82) is 0 Å². The van der Waals surface area contributed by atoms with Crippen LogP contribution < -0.4 is 5.32 Å². The van der Waals surface area contributed by atoms with Crippen molar-refractivity contribution in [3.8, 4) is 0 Å². The Morgan fingerprint density at radius 1 is 1.50 bits per heavy atom. The second-order valence-corrected chi connectivity index (χ2v) is 6.11. The summed E-state index contributed by atoms with van der Waals surface area (Å²) < 4.78 is 0. The summed E-state index contributed by atoms with van der Waals surface area (Å²) in [7, 11) is 0. The maximum Gasteiger partial charge on any atom is 0.0610 e. The summed E-state index contributed by atoms with van der Waals surface area (Å²) >= 11 is 0.